The summed E-state index contributed by atoms with van der Waals surface area (Å²) in [5, 5.41) is 3.21. The standard InChI is InChI=1S/C24H32N2O2/c1-24(2,3)20-11-9-18(10-12-20)23(27)25-21-13-15-26(16-14-21)17-19-7-5-6-8-22(19)28-4/h5-12,21H,13-17H2,1-4H3,(H,25,27). The Morgan fingerprint density at radius 1 is 1.07 bits per heavy atom. The molecule has 0 aromatic heterocycles. The second kappa shape index (κ2) is 8.78. The van der Waals surface area contributed by atoms with Gasteiger partial charge in [0.2, 0.25) is 0 Å². The minimum atomic E-state index is 0.0311. The molecule has 0 unspecified atom stereocenters. The van der Waals surface area contributed by atoms with Gasteiger partial charge in [0.1, 0.15) is 5.75 Å². The van der Waals surface area contributed by atoms with Crippen molar-refractivity contribution in [2.45, 2.75) is 51.6 Å². The molecule has 0 atom stereocenters. The van der Waals surface area contributed by atoms with Crippen molar-refractivity contribution in [3.63, 3.8) is 0 Å². The fourth-order valence-corrected chi connectivity index (χ4v) is 3.70. The molecule has 2 aromatic rings. The molecule has 1 heterocycles. The summed E-state index contributed by atoms with van der Waals surface area (Å²) in [7, 11) is 1.72. The summed E-state index contributed by atoms with van der Waals surface area (Å²) in [4.78, 5) is 15.0. The van der Waals surface area contributed by atoms with E-state index in [1.54, 1.807) is 7.11 Å². The lowest BCUT2D eigenvalue weighted by molar-refractivity contribution is 0.0908. The average Bonchev–Trinajstić information content (AvgIpc) is 2.69. The Labute approximate surface area is 168 Å². The van der Waals surface area contributed by atoms with E-state index < -0.39 is 0 Å². The molecule has 1 saturated heterocycles. The number of hydrogen-bond acceptors (Lipinski definition) is 3. The van der Waals surface area contributed by atoms with E-state index in [0.717, 1.165) is 43.8 Å². The summed E-state index contributed by atoms with van der Waals surface area (Å²) < 4.78 is 5.46. The van der Waals surface area contributed by atoms with Gasteiger partial charge in [-0.1, -0.05) is 51.1 Å². The summed E-state index contributed by atoms with van der Waals surface area (Å²) in [6.07, 6.45) is 1.95. The number of hydrogen-bond donors (Lipinski definition) is 1. The lowest BCUT2D eigenvalue weighted by Gasteiger charge is -2.32. The maximum Gasteiger partial charge on any atom is 0.251 e. The Morgan fingerprint density at radius 2 is 1.71 bits per heavy atom. The zero-order chi connectivity index (χ0) is 20.1. The number of benzene rings is 2. The van der Waals surface area contributed by atoms with E-state index in [9.17, 15) is 4.79 Å². The summed E-state index contributed by atoms with van der Waals surface area (Å²) in [6, 6.07) is 16.4. The molecule has 0 radical (unpaired) electrons. The zero-order valence-corrected chi connectivity index (χ0v) is 17.5. The molecule has 28 heavy (non-hydrogen) atoms. The van der Waals surface area contributed by atoms with Crippen molar-refractivity contribution in [2.24, 2.45) is 0 Å². The van der Waals surface area contributed by atoms with Crippen LogP contribution in [-0.4, -0.2) is 37.0 Å². The maximum absolute atomic E-state index is 12.6. The van der Waals surface area contributed by atoms with Crippen LogP contribution < -0.4 is 10.1 Å². The van der Waals surface area contributed by atoms with Gasteiger partial charge in [-0.3, -0.25) is 9.69 Å². The van der Waals surface area contributed by atoms with Crippen LogP contribution in [0.15, 0.2) is 48.5 Å². The summed E-state index contributed by atoms with van der Waals surface area (Å²) in [5.41, 5.74) is 3.30. The first-order valence-electron chi connectivity index (χ1n) is 10.1. The van der Waals surface area contributed by atoms with E-state index in [1.165, 1.54) is 11.1 Å². The first-order chi connectivity index (χ1) is 13.4. The minimum Gasteiger partial charge on any atom is -0.496 e. The van der Waals surface area contributed by atoms with E-state index in [1.807, 2.05) is 24.3 Å². The molecule has 1 amide bonds. The van der Waals surface area contributed by atoms with Crippen LogP contribution in [0.5, 0.6) is 5.75 Å². The molecule has 1 aliphatic heterocycles. The van der Waals surface area contributed by atoms with E-state index >= 15 is 0 Å². The largest absolute Gasteiger partial charge is 0.496 e. The van der Waals surface area contributed by atoms with Gasteiger partial charge in [-0.05, 0) is 42.0 Å². The summed E-state index contributed by atoms with van der Waals surface area (Å²) >= 11 is 0. The van der Waals surface area contributed by atoms with Crippen LogP contribution in [0.3, 0.4) is 0 Å². The van der Waals surface area contributed by atoms with Crippen LogP contribution in [0.25, 0.3) is 0 Å². The number of nitrogens with zero attached hydrogens (tertiary/aromatic N) is 1. The third-order valence-corrected chi connectivity index (χ3v) is 5.52. The van der Waals surface area contributed by atoms with Crippen molar-refractivity contribution in [1.82, 2.24) is 10.2 Å². The maximum atomic E-state index is 12.6. The van der Waals surface area contributed by atoms with Crippen LogP contribution in [0.4, 0.5) is 0 Å². The quantitative estimate of drug-likeness (QED) is 0.837. The van der Waals surface area contributed by atoms with Gasteiger partial charge in [0, 0.05) is 36.8 Å². The molecular weight excluding hydrogens is 348 g/mol. The number of rotatable bonds is 5. The van der Waals surface area contributed by atoms with E-state index in [0.29, 0.717) is 0 Å². The third kappa shape index (κ3) is 5.14. The van der Waals surface area contributed by atoms with Gasteiger partial charge in [-0.2, -0.15) is 0 Å². The van der Waals surface area contributed by atoms with Gasteiger partial charge in [-0.15, -0.1) is 0 Å². The van der Waals surface area contributed by atoms with Gasteiger partial charge in [0.25, 0.3) is 5.91 Å². The molecule has 1 fully saturated rings. The number of amides is 1. The molecular formula is C24H32N2O2. The molecule has 4 heteroatoms. The molecule has 0 saturated carbocycles. The second-order valence-electron chi connectivity index (χ2n) is 8.66. The first-order valence-corrected chi connectivity index (χ1v) is 10.1. The van der Waals surface area contributed by atoms with Crippen molar-refractivity contribution >= 4 is 5.91 Å². The smallest absolute Gasteiger partial charge is 0.251 e. The number of likely N-dealkylation sites (tertiary alicyclic amines) is 1. The normalized spacial score (nSPS) is 16.0. The number of carbonyl (C=O) groups excluding carboxylic acids is 1. The van der Waals surface area contributed by atoms with Crippen LogP contribution in [-0.2, 0) is 12.0 Å². The monoisotopic (exact) mass is 380 g/mol. The molecule has 1 N–H and O–H groups in total. The number of carbonyl (C=O) groups is 1. The van der Waals surface area contributed by atoms with Crippen LogP contribution in [0.2, 0.25) is 0 Å². The summed E-state index contributed by atoms with van der Waals surface area (Å²) in [6.45, 7) is 9.39. The molecule has 0 spiro atoms. The van der Waals surface area contributed by atoms with Crippen molar-refractivity contribution in [3.05, 3.63) is 65.2 Å². The first kappa shape index (κ1) is 20.4. The highest BCUT2D eigenvalue weighted by Gasteiger charge is 2.22. The Morgan fingerprint density at radius 3 is 2.32 bits per heavy atom. The highest BCUT2D eigenvalue weighted by Crippen LogP contribution is 2.23. The van der Waals surface area contributed by atoms with Crippen molar-refractivity contribution in [3.8, 4) is 5.75 Å². The van der Waals surface area contributed by atoms with Crippen LogP contribution in [0, 0.1) is 0 Å². The average molecular weight is 381 g/mol. The van der Waals surface area contributed by atoms with Gasteiger partial charge >= 0.3 is 0 Å². The topological polar surface area (TPSA) is 41.6 Å². The zero-order valence-electron chi connectivity index (χ0n) is 17.5. The third-order valence-electron chi connectivity index (χ3n) is 5.52. The van der Waals surface area contributed by atoms with Gasteiger partial charge in [0.15, 0.2) is 0 Å². The van der Waals surface area contributed by atoms with Crippen molar-refractivity contribution in [1.29, 1.82) is 0 Å². The van der Waals surface area contributed by atoms with Gasteiger partial charge in [0.05, 0.1) is 7.11 Å². The number of methoxy groups -OCH3 is 1. The van der Waals surface area contributed by atoms with Gasteiger partial charge in [-0.25, -0.2) is 0 Å². The number of piperidine rings is 1. The van der Waals surface area contributed by atoms with Crippen LogP contribution in [0.1, 0.15) is 55.1 Å². The number of para-hydroxylation sites is 1. The van der Waals surface area contributed by atoms with Crippen molar-refractivity contribution < 1.29 is 9.53 Å². The fourth-order valence-electron chi connectivity index (χ4n) is 3.70. The number of nitrogens with one attached hydrogen (secondary N) is 1. The molecule has 0 aliphatic carbocycles. The summed E-state index contributed by atoms with van der Waals surface area (Å²) in [5.74, 6) is 0.972. The predicted octanol–water partition coefficient (Wildman–Crippen LogP) is 4.39. The SMILES string of the molecule is COc1ccccc1CN1CCC(NC(=O)c2ccc(C(C)(C)C)cc2)CC1. The second-order valence-corrected chi connectivity index (χ2v) is 8.66. The van der Waals surface area contributed by atoms with Crippen molar-refractivity contribution in [2.75, 3.05) is 20.2 Å². The Balaban J connectivity index is 1.50. The Kier molecular flexibility index (Phi) is 6.40. The van der Waals surface area contributed by atoms with E-state index in [-0.39, 0.29) is 17.4 Å². The number of ether oxygens (including phenoxy) is 1. The Bertz CT molecular complexity index is 785. The Hall–Kier alpha value is -2.33. The molecule has 4 nitrogen and oxygen atoms in total. The molecule has 1 aliphatic rings. The molecule has 2 aromatic carbocycles. The molecule has 0 bridgehead atoms. The molecule has 150 valence electrons. The molecule has 3 rings (SSSR count). The fraction of sp³-hybridized carbons (Fsp3) is 0.458. The minimum absolute atomic E-state index is 0.0311. The van der Waals surface area contributed by atoms with Crippen LogP contribution >= 0.6 is 0 Å². The van der Waals surface area contributed by atoms with E-state index in [4.69, 9.17) is 4.74 Å². The highest BCUT2D eigenvalue weighted by molar-refractivity contribution is 5.94. The lowest BCUT2D eigenvalue weighted by Crippen LogP contribution is -2.44. The van der Waals surface area contributed by atoms with Gasteiger partial charge < -0.3 is 10.1 Å². The lowest BCUT2D eigenvalue weighted by atomic mass is 9.86. The predicted molar refractivity (Wildman–Crippen MR) is 114 cm³/mol. The highest BCUT2D eigenvalue weighted by atomic mass is 16.5. The van der Waals surface area contributed by atoms with E-state index in [2.05, 4.69) is 55.3 Å².